The van der Waals surface area contributed by atoms with Crippen LogP contribution in [0, 0.1) is 27.7 Å². The molecule has 0 fully saturated rings. The number of hydrogen-bond donors (Lipinski definition) is 1. The normalized spacial score (nSPS) is 10.8. The highest BCUT2D eigenvalue weighted by Gasteiger charge is 2.30. The summed E-state index contributed by atoms with van der Waals surface area (Å²) >= 11 is 6.07. The Bertz CT molecular complexity index is 1630. The van der Waals surface area contributed by atoms with Crippen molar-refractivity contribution in [3.05, 3.63) is 104 Å². The highest BCUT2D eigenvalue weighted by molar-refractivity contribution is 6.30. The zero-order chi connectivity index (χ0) is 32.0. The van der Waals surface area contributed by atoms with Gasteiger partial charge < -0.3 is 33.5 Å². The zero-order valence-corrected chi connectivity index (χ0v) is 26.8. The lowest BCUT2D eigenvalue weighted by Crippen LogP contribution is -2.13. The Hall–Kier alpha value is -4.40. The molecule has 9 heteroatoms. The highest BCUT2D eigenvalue weighted by Crippen LogP contribution is 2.50. The summed E-state index contributed by atoms with van der Waals surface area (Å²) in [6.07, 6.45) is 0. The second kappa shape index (κ2) is 14.4. The molecule has 0 atom stereocenters. The van der Waals surface area contributed by atoms with E-state index >= 15 is 0 Å². The number of carbonyl (C=O) groups is 1. The molecule has 0 aliphatic heterocycles. The van der Waals surface area contributed by atoms with Gasteiger partial charge in [-0.15, -0.1) is 0 Å². The number of methoxy groups -OCH3 is 3. The van der Waals surface area contributed by atoms with Crippen LogP contribution in [0.4, 0.5) is 0 Å². The number of esters is 1. The lowest BCUT2D eigenvalue weighted by molar-refractivity contribution is 0.0593. The van der Waals surface area contributed by atoms with Crippen LogP contribution >= 0.6 is 11.6 Å². The summed E-state index contributed by atoms with van der Waals surface area (Å²) < 4.78 is 35.9. The molecule has 0 aliphatic rings. The largest absolute Gasteiger partial charge is 0.493 e. The Morgan fingerprint density at radius 1 is 0.659 bits per heavy atom. The Kier molecular flexibility index (Phi) is 10.6. The lowest BCUT2D eigenvalue weighted by atomic mass is 9.99. The molecular formula is C35H37ClO8. The first-order valence-corrected chi connectivity index (χ1v) is 14.4. The minimum Gasteiger partial charge on any atom is -0.493 e. The van der Waals surface area contributed by atoms with Crippen LogP contribution in [0.5, 0.6) is 34.5 Å². The van der Waals surface area contributed by atoms with Gasteiger partial charge in [-0.1, -0.05) is 54.1 Å². The number of benzene rings is 4. The first kappa shape index (κ1) is 32.5. The standard InChI is InChI=1S/C35H37ClO8/c1-20-27(17-37)29(22(3)32(40-6)31(20)39-5)44-34-21(2)28(35(38)41-7)30(42-19-25-13-15-26(36)16-14-25)23(4)33(34)43-18-24-11-9-8-10-12-24/h8-16,37H,17-19H2,1-7H3. The van der Waals surface area contributed by atoms with Crippen molar-refractivity contribution in [1.82, 2.24) is 0 Å². The summed E-state index contributed by atoms with van der Waals surface area (Å²) in [5, 5.41) is 11.0. The smallest absolute Gasteiger partial charge is 0.342 e. The Balaban J connectivity index is 1.94. The molecule has 8 nitrogen and oxygen atoms in total. The van der Waals surface area contributed by atoms with Gasteiger partial charge in [0.05, 0.1) is 27.9 Å². The van der Waals surface area contributed by atoms with Crippen LogP contribution in [0.25, 0.3) is 0 Å². The monoisotopic (exact) mass is 620 g/mol. The molecule has 0 aliphatic carbocycles. The summed E-state index contributed by atoms with van der Waals surface area (Å²) in [6, 6.07) is 17.0. The van der Waals surface area contributed by atoms with Gasteiger partial charge in [0.25, 0.3) is 0 Å². The van der Waals surface area contributed by atoms with E-state index < -0.39 is 5.97 Å². The van der Waals surface area contributed by atoms with E-state index in [2.05, 4.69) is 0 Å². The van der Waals surface area contributed by atoms with E-state index in [1.54, 1.807) is 40.2 Å². The number of aliphatic hydroxyl groups excluding tert-OH is 1. The topological polar surface area (TPSA) is 92.7 Å². The van der Waals surface area contributed by atoms with Crippen LogP contribution in [0.15, 0.2) is 54.6 Å². The van der Waals surface area contributed by atoms with Crippen LogP contribution in [-0.2, 0) is 24.6 Å². The molecule has 0 amide bonds. The van der Waals surface area contributed by atoms with E-state index in [9.17, 15) is 9.90 Å². The maximum atomic E-state index is 13.3. The van der Waals surface area contributed by atoms with Gasteiger partial charge in [-0.25, -0.2) is 4.79 Å². The van der Waals surface area contributed by atoms with Crippen molar-refractivity contribution < 1.29 is 38.3 Å². The molecule has 4 rings (SSSR count). The fourth-order valence-electron chi connectivity index (χ4n) is 5.11. The van der Waals surface area contributed by atoms with Crippen molar-refractivity contribution in [2.45, 2.75) is 47.5 Å². The van der Waals surface area contributed by atoms with Gasteiger partial charge >= 0.3 is 5.97 Å². The summed E-state index contributed by atoms with van der Waals surface area (Å²) in [7, 11) is 4.39. The average Bonchev–Trinajstić information content (AvgIpc) is 3.03. The van der Waals surface area contributed by atoms with Gasteiger partial charge in [-0.2, -0.15) is 0 Å². The van der Waals surface area contributed by atoms with E-state index in [1.807, 2.05) is 56.3 Å². The maximum Gasteiger partial charge on any atom is 0.342 e. The summed E-state index contributed by atoms with van der Waals surface area (Å²) in [4.78, 5) is 13.3. The molecule has 0 saturated heterocycles. The van der Waals surface area contributed by atoms with Crippen LogP contribution in [0.2, 0.25) is 5.02 Å². The van der Waals surface area contributed by atoms with Crippen molar-refractivity contribution in [1.29, 1.82) is 0 Å². The molecule has 44 heavy (non-hydrogen) atoms. The lowest BCUT2D eigenvalue weighted by Gasteiger charge is -2.25. The average molecular weight is 621 g/mol. The van der Waals surface area contributed by atoms with E-state index in [-0.39, 0.29) is 31.1 Å². The molecule has 0 aromatic heterocycles. The third-order valence-corrected chi connectivity index (χ3v) is 7.72. The van der Waals surface area contributed by atoms with Gasteiger partial charge in [0.15, 0.2) is 23.0 Å². The molecule has 4 aromatic carbocycles. The van der Waals surface area contributed by atoms with Crippen molar-refractivity contribution in [2.24, 2.45) is 0 Å². The number of ether oxygens (including phenoxy) is 6. The van der Waals surface area contributed by atoms with Gasteiger partial charge in [0.1, 0.15) is 30.3 Å². The van der Waals surface area contributed by atoms with Gasteiger partial charge in [-0.05, 0) is 51.0 Å². The van der Waals surface area contributed by atoms with Crippen molar-refractivity contribution >= 4 is 17.6 Å². The number of rotatable bonds is 12. The van der Waals surface area contributed by atoms with E-state index in [0.717, 1.165) is 11.1 Å². The first-order valence-electron chi connectivity index (χ1n) is 14.0. The molecule has 0 radical (unpaired) electrons. The third-order valence-electron chi connectivity index (χ3n) is 7.47. The fourth-order valence-corrected chi connectivity index (χ4v) is 5.23. The van der Waals surface area contributed by atoms with E-state index in [0.29, 0.717) is 61.6 Å². The Morgan fingerprint density at radius 3 is 1.77 bits per heavy atom. The summed E-state index contributed by atoms with van der Waals surface area (Å²) in [5.74, 6) is 1.69. The van der Waals surface area contributed by atoms with Crippen LogP contribution in [-0.4, -0.2) is 32.4 Å². The van der Waals surface area contributed by atoms with Gasteiger partial charge in [0.2, 0.25) is 0 Å². The summed E-state index contributed by atoms with van der Waals surface area (Å²) in [5.41, 5.74) is 4.74. The molecule has 232 valence electrons. The number of aliphatic hydroxyl groups is 1. The quantitative estimate of drug-likeness (QED) is 0.160. The minimum absolute atomic E-state index is 0.169. The molecule has 0 spiro atoms. The predicted octanol–water partition coefficient (Wildman–Crippen LogP) is 7.82. The fraction of sp³-hybridized carbons (Fsp3) is 0.286. The van der Waals surface area contributed by atoms with E-state index in [1.165, 1.54) is 7.11 Å². The van der Waals surface area contributed by atoms with Crippen LogP contribution in [0.1, 0.15) is 49.3 Å². The van der Waals surface area contributed by atoms with Crippen molar-refractivity contribution in [3.8, 4) is 34.5 Å². The minimum atomic E-state index is -0.598. The third kappa shape index (κ3) is 6.56. The Labute approximate surface area is 263 Å². The molecule has 0 saturated carbocycles. The van der Waals surface area contributed by atoms with Crippen LogP contribution < -0.4 is 23.7 Å². The first-order chi connectivity index (χ1) is 21.2. The van der Waals surface area contributed by atoms with E-state index in [4.69, 9.17) is 40.0 Å². The molecule has 4 aromatic rings. The van der Waals surface area contributed by atoms with Gasteiger partial charge in [-0.3, -0.25) is 0 Å². The van der Waals surface area contributed by atoms with Crippen molar-refractivity contribution in [2.75, 3.05) is 21.3 Å². The Morgan fingerprint density at radius 2 is 1.20 bits per heavy atom. The van der Waals surface area contributed by atoms with Gasteiger partial charge in [0, 0.05) is 32.8 Å². The molecule has 0 bridgehead atoms. The van der Waals surface area contributed by atoms with Crippen LogP contribution in [0.3, 0.4) is 0 Å². The predicted molar refractivity (Wildman–Crippen MR) is 169 cm³/mol. The second-order valence-corrected chi connectivity index (χ2v) is 10.6. The number of carbonyl (C=O) groups excluding carboxylic acids is 1. The number of halogens is 1. The zero-order valence-electron chi connectivity index (χ0n) is 26.0. The van der Waals surface area contributed by atoms with Crippen molar-refractivity contribution in [3.63, 3.8) is 0 Å². The SMILES string of the molecule is COC(=O)c1c(C)c(Oc2c(C)c(OC)c(OC)c(C)c2CO)c(OCc2ccccc2)c(C)c1OCc1ccc(Cl)cc1. The molecular weight excluding hydrogens is 584 g/mol. The molecule has 0 unspecified atom stereocenters. The second-order valence-electron chi connectivity index (χ2n) is 10.2. The molecule has 1 N–H and O–H groups in total. The number of hydrogen-bond acceptors (Lipinski definition) is 8. The molecule has 0 heterocycles. The highest BCUT2D eigenvalue weighted by atomic mass is 35.5. The maximum absolute atomic E-state index is 13.3. The summed E-state index contributed by atoms with van der Waals surface area (Å²) in [6.45, 7) is 7.24.